The summed E-state index contributed by atoms with van der Waals surface area (Å²) in [4.78, 5) is 26.3. The van der Waals surface area contributed by atoms with Gasteiger partial charge in [-0.25, -0.2) is 0 Å². The van der Waals surface area contributed by atoms with Gasteiger partial charge in [0.05, 0.1) is 19.1 Å². The summed E-state index contributed by atoms with van der Waals surface area (Å²) in [5.41, 5.74) is 0.176. The van der Waals surface area contributed by atoms with Crippen molar-refractivity contribution in [3.63, 3.8) is 0 Å². The minimum Gasteiger partial charge on any atom is -0.361 e. The summed E-state index contributed by atoms with van der Waals surface area (Å²) in [6.45, 7) is 3.01. The molecule has 2 fully saturated rings. The Bertz CT molecular complexity index is 542. The van der Waals surface area contributed by atoms with E-state index in [1.54, 1.807) is 0 Å². The molecular formula is C17H21NO3. The summed E-state index contributed by atoms with van der Waals surface area (Å²) >= 11 is 0. The van der Waals surface area contributed by atoms with Crippen LogP contribution in [0.2, 0.25) is 0 Å². The van der Waals surface area contributed by atoms with E-state index >= 15 is 0 Å². The zero-order valence-electron chi connectivity index (χ0n) is 12.4. The first kappa shape index (κ1) is 14.3. The SMILES string of the molecule is C[C@]1(OCc2ccccc2)C(=O)CC(=O)N2CCCC[C@H]21. The number of Topliss-reactive ketones (excluding diaryl/α,β-unsaturated/α-hetero) is 1. The van der Waals surface area contributed by atoms with Crippen LogP contribution in [0.3, 0.4) is 0 Å². The fourth-order valence-corrected chi connectivity index (χ4v) is 3.39. The Morgan fingerprint density at radius 1 is 1.24 bits per heavy atom. The van der Waals surface area contributed by atoms with E-state index in [-0.39, 0.29) is 24.2 Å². The Hall–Kier alpha value is -1.68. The third-order valence-electron chi connectivity index (χ3n) is 4.71. The van der Waals surface area contributed by atoms with Crippen LogP contribution in [0.15, 0.2) is 30.3 Å². The number of rotatable bonds is 3. The number of carbonyl (C=O) groups is 2. The number of piperidine rings is 2. The van der Waals surface area contributed by atoms with Gasteiger partial charge in [0.1, 0.15) is 5.60 Å². The summed E-state index contributed by atoms with van der Waals surface area (Å²) in [6, 6.07) is 9.74. The molecule has 2 saturated heterocycles. The number of amides is 1. The first-order chi connectivity index (χ1) is 10.1. The van der Waals surface area contributed by atoms with Crippen LogP contribution in [0.25, 0.3) is 0 Å². The summed E-state index contributed by atoms with van der Waals surface area (Å²) in [5.74, 6) is -0.114. The largest absolute Gasteiger partial charge is 0.361 e. The summed E-state index contributed by atoms with van der Waals surface area (Å²) in [7, 11) is 0. The van der Waals surface area contributed by atoms with Gasteiger partial charge in [0.25, 0.3) is 0 Å². The normalized spacial score (nSPS) is 29.4. The molecule has 2 heterocycles. The molecule has 1 amide bonds. The Balaban J connectivity index is 1.79. The summed E-state index contributed by atoms with van der Waals surface area (Å²) < 4.78 is 6.04. The molecule has 0 bridgehead atoms. The molecule has 0 unspecified atom stereocenters. The number of benzene rings is 1. The molecule has 21 heavy (non-hydrogen) atoms. The van der Waals surface area contributed by atoms with Crippen LogP contribution in [-0.2, 0) is 20.9 Å². The van der Waals surface area contributed by atoms with Crippen molar-refractivity contribution in [3.8, 4) is 0 Å². The standard InChI is InChI=1S/C17H21NO3/c1-17(21-12-13-7-3-2-4-8-13)14-9-5-6-10-18(14)16(20)11-15(17)19/h2-4,7-8,14H,5-6,9-12H2,1H3/t14-,17+/m0/s1. The zero-order valence-corrected chi connectivity index (χ0v) is 12.4. The zero-order chi connectivity index (χ0) is 14.9. The van der Waals surface area contributed by atoms with E-state index in [9.17, 15) is 9.59 Å². The lowest BCUT2D eigenvalue weighted by atomic mass is 9.79. The van der Waals surface area contributed by atoms with Crippen molar-refractivity contribution >= 4 is 11.7 Å². The molecule has 1 aromatic rings. The maximum atomic E-state index is 12.4. The van der Waals surface area contributed by atoms with Crippen molar-refractivity contribution in [2.75, 3.05) is 6.54 Å². The second-order valence-electron chi connectivity index (χ2n) is 6.08. The van der Waals surface area contributed by atoms with Crippen LogP contribution in [0, 0.1) is 0 Å². The van der Waals surface area contributed by atoms with E-state index in [0.717, 1.165) is 31.4 Å². The number of ketones is 1. The van der Waals surface area contributed by atoms with Gasteiger partial charge in [0.15, 0.2) is 5.78 Å². The van der Waals surface area contributed by atoms with Crippen LogP contribution >= 0.6 is 0 Å². The molecule has 0 aliphatic carbocycles. The van der Waals surface area contributed by atoms with Crippen LogP contribution in [0.4, 0.5) is 0 Å². The molecule has 112 valence electrons. The van der Waals surface area contributed by atoms with Crippen molar-refractivity contribution in [3.05, 3.63) is 35.9 Å². The molecule has 4 heteroatoms. The average molecular weight is 287 g/mol. The lowest BCUT2D eigenvalue weighted by molar-refractivity contribution is -0.175. The predicted molar refractivity (Wildman–Crippen MR) is 78.6 cm³/mol. The molecule has 1 aromatic carbocycles. The Kier molecular flexibility index (Phi) is 3.81. The maximum absolute atomic E-state index is 12.4. The third kappa shape index (κ3) is 2.60. The molecule has 2 aliphatic rings. The van der Waals surface area contributed by atoms with E-state index < -0.39 is 5.60 Å². The van der Waals surface area contributed by atoms with Crippen molar-refractivity contribution in [2.45, 2.75) is 50.9 Å². The molecule has 3 rings (SSSR count). The highest BCUT2D eigenvalue weighted by atomic mass is 16.5. The van der Waals surface area contributed by atoms with Gasteiger partial charge in [0, 0.05) is 6.54 Å². The molecule has 2 atom stereocenters. The quantitative estimate of drug-likeness (QED) is 0.802. The number of ether oxygens (including phenoxy) is 1. The molecule has 0 saturated carbocycles. The van der Waals surface area contributed by atoms with Gasteiger partial charge in [-0.15, -0.1) is 0 Å². The Morgan fingerprint density at radius 3 is 2.76 bits per heavy atom. The number of nitrogens with zero attached hydrogens (tertiary/aromatic N) is 1. The van der Waals surface area contributed by atoms with Crippen molar-refractivity contribution in [2.24, 2.45) is 0 Å². The second kappa shape index (κ2) is 5.60. The third-order valence-corrected chi connectivity index (χ3v) is 4.71. The minimum atomic E-state index is -0.871. The first-order valence-corrected chi connectivity index (χ1v) is 7.62. The fourth-order valence-electron chi connectivity index (χ4n) is 3.39. The predicted octanol–water partition coefficient (Wildman–Crippen LogP) is 2.32. The fraction of sp³-hybridized carbons (Fsp3) is 0.529. The van der Waals surface area contributed by atoms with Gasteiger partial charge < -0.3 is 9.64 Å². The summed E-state index contributed by atoms with van der Waals surface area (Å²) in [6.07, 6.45) is 2.89. The molecule has 0 radical (unpaired) electrons. The van der Waals surface area contributed by atoms with Crippen LogP contribution in [0.1, 0.15) is 38.2 Å². The van der Waals surface area contributed by atoms with E-state index in [4.69, 9.17) is 4.74 Å². The highest BCUT2D eigenvalue weighted by Crippen LogP contribution is 2.35. The summed E-state index contributed by atoms with van der Waals surface area (Å²) in [5, 5.41) is 0. The minimum absolute atomic E-state index is 0.0260. The van der Waals surface area contributed by atoms with Crippen molar-refractivity contribution in [1.29, 1.82) is 0 Å². The van der Waals surface area contributed by atoms with Gasteiger partial charge in [0.2, 0.25) is 5.91 Å². The van der Waals surface area contributed by atoms with Gasteiger partial charge >= 0.3 is 0 Å². The first-order valence-electron chi connectivity index (χ1n) is 7.62. The topological polar surface area (TPSA) is 46.6 Å². The van der Waals surface area contributed by atoms with E-state index in [1.807, 2.05) is 42.2 Å². The lowest BCUT2D eigenvalue weighted by Gasteiger charge is -2.48. The number of hydrogen-bond acceptors (Lipinski definition) is 3. The van der Waals surface area contributed by atoms with Gasteiger partial charge in [-0.2, -0.15) is 0 Å². The highest BCUT2D eigenvalue weighted by Gasteiger charge is 2.51. The van der Waals surface area contributed by atoms with E-state index in [2.05, 4.69) is 0 Å². The van der Waals surface area contributed by atoms with E-state index in [1.165, 1.54) is 0 Å². The Morgan fingerprint density at radius 2 is 2.00 bits per heavy atom. The maximum Gasteiger partial charge on any atom is 0.230 e. The number of hydrogen-bond donors (Lipinski definition) is 0. The Labute approximate surface area is 125 Å². The molecular weight excluding hydrogens is 266 g/mol. The van der Waals surface area contributed by atoms with Gasteiger partial charge in [-0.1, -0.05) is 30.3 Å². The smallest absolute Gasteiger partial charge is 0.230 e. The lowest BCUT2D eigenvalue weighted by Crippen LogP contribution is -2.64. The monoisotopic (exact) mass is 287 g/mol. The molecule has 4 nitrogen and oxygen atoms in total. The molecule has 0 N–H and O–H groups in total. The van der Waals surface area contributed by atoms with E-state index in [0.29, 0.717) is 6.61 Å². The van der Waals surface area contributed by atoms with Crippen LogP contribution in [0.5, 0.6) is 0 Å². The number of carbonyl (C=O) groups excluding carboxylic acids is 2. The van der Waals surface area contributed by atoms with Crippen LogP contribution in [-0.4, -0.2) is 34.8 Å². The van der Waals surface area contributed by atoms with Gasteiger partial charge in [-0.3, -0.25) is 9.59 Å². The van der Waals surface area contributed by atoms with Crippen molar-refractivity contribution < 1.29 is 14.3 Å². The highest BCUT2D eigenvalue weighted by molar-refractivity contribution is 6.05. The average Bonchev–Trinajstić information content (AvgIpc) is 2.52. The van der Waals surface area contributed by atoms with Crippen LogP contribution < -0.4 is 0 Å². The second-order valence-corrected chi connectivity index (χ2v) is 6.08. The molecule has 0 spiro atoms. The molecule has 0 aromatic heterocycles. The molecule has 2 aliphatic heterocycles. The van der Waals surface area contributed by atoms with Gasteiger partial charge in [-0.05, 0) is 31.7 Å². The number of fused-ring (bicyclic) bond motifs is 1. The van der Waals surface area contributed by atoms with Crippen molar-refractivity contribution in [1.82, 2.24) is 4.90 Å².